The van der Waals surface area contributed by atoms with Crippen molar-refractivity contribution in [1.29, 1.82) is 0 Å². The van der Waals surface area contributed by atoms with Crippen molar-refractivity contribution in [3.63, 3.8) is 0 Å². The van der Waals surface area contributed by atoms with Crippen LogP contribution in [-0.2, 0) is 0 Å². The van der Waals surface area contributed by atoms with Crippen LogP contribution in [0.5, 0.6) is 0 Å². The maximum absolute atomic E-state index is 6.37. The van der Waals surface area contributed by atoms with Crippen LogP contribution in [0, 0.1) is 5.41 Å². The van der Waals surface area contributed by atoms with E-state index >= 15 is 0 Å². The third kappa shape index (κ3) is 4.48. The van der Waals surface area contributed by atoms with E-state index in [1.165, 1.54) is 0 Å². The fourth-order valence-corrected chi connectivity index (χ4v) is 5.94. The minimum Gasteiger partial charge on any atom is -0.382 e. The maximum Gasteiger partial charge on any atom is 0.207 e. The Morgan fingerprint density at radius 2 is 2.06 bits per heavy atom. The molecule has 0 radical (unpaired) electrons. The summed E-state index contributed by atoms with van der Waals surface area (Å²) in [6, 6.07) is 2.43. The number of thioether (sulfide) groups is 1. The van der Waals surface area contributed by atoms with Crippen molar-refractivity contribution in [1.82, 2.24) is 20.1 Å². The van der Waals surface area contributed by atoms with Gasteiger partial charge in [-0.1, -0.05) is 30.3 Å². The summed E-state index contributed by atoms with van der Waals surface area (Å²) in [7, 11) is 0. The van der Waals surface area contributed by atoms with Gasteiger partial charge in [0.15, 0.2) is 0 Å². The molecule has 3 atom stereocenters. The summed E-state index contributed by atoms with van der Waals surface area (Å²) in [5, 5.41) is 3.92. The number of pyridine rings is 1. The van der Waals surface area contributed by atoms with Crippen molar-refractivity contribution < 1.29 is 0 Å². The van der Waals surface area contributed by atoms with Crippen LogP contribution in [-0.4, -0.2) is 64.5 Å². The van der Waals surface area contributed by atoms with Crippen LogP contribution in [0.1, 0.15) is 33.1 Å². The van der Waals surface area contributed by atoms with Crippen LogP contribution in [0.4, 0.5) is 5.82 Å². The first-order valence-electron chi connectivity index (χ1n) is 11.3. The standard InChI is InChI=1S/C23H29ClN8S/c1-15-16(27-8-7-26-15)13-23(2)4-10-31(11-5-23)22-30-14-18(21-29-9-12-32(21)22)33-17-3-6-28-20(25)19(17)24/h3,6-9,12,14-16,21,29H,4-5,10-11,13H2,1-2H3,(H2,25,28). The Labute approximate surface area is 203 Å². The second kappa shape index (κ2) is 9.02. The van der Waals surface area contributed by atoms with Gasteiger partial charge in [0, 0.05) is 55.2 Å². The molecule has 0 aromatic carbocycles. The van der Waals surface area contributed by atoms with Crippen LogP contribution >= 0.6 is 23.4 Å². The van der Waals surface area contributed by atoms with E-state index in [1.54, 1.807) is 18.0 Å². The van der Waals surface area contributed by atoms with E-state index in [1.807, 2.05) is 30.9 Å². The smallest absolute Gasteiger partial charge is 0.207 e. The molecule has 10 heteroatoms. The van der Waals surface area contributed by atoms with Gasteiger partial charge < -0.3 is 16.0 Å². The predicted octanol–water partition coefficient (Wildman–Crippen LogP) is 3.73. The lowest BCUT2D eigenvalue weighted by Gasteiger charge is -2.44. The number of halogens is 1. The first-order chi connectivity index (χ1) is 15.9. The zero-order chi connectivity index (χ0) is 23.0. The zero-order valence-electron chi connectivity index (χ0n) is 18.9. The van der Waals surface area contributed by atoms with Gasteiger partial charge in [-0.2, -0.15) is 0 Å². The molecule has 5 rings (SSSR count). The molecular weight excluding hydrogens is 456 g/mol. The van der Waals surface area contributed by atoms with Gasteiger partial charge in [0.2, 0.25) is 5.96 Å². The highest BCUT2D eigenvalue weighted by molar-refractivity contribution is 8.03. The normalized spacial score (nSPS) is 27.8. The Bertz CT molecular complexity index is 1060. The number of nitrogens with one attached hydrogen (secondary N) is 1. The summed E-state index contributed by atoms with van der Waals surface area (Å²) in [6.07, 6.45) is 14.6. The Morgan fingerprint density at radius 1 is 1.27 bits per heavy atom. The molecule has 4 aliphatic rings. The summed E-state index contributed by atoms with van der Waals surface area (Å²) in [4.78, 5) is 24.7. The maximum atomic E-state index is 6.37. The fourth-order valence-electron chi connectivity index (χ4n) is 4.74. The van der Waals surface area contributed by atoms with Crippen LogP contribution in [0.3, 0.4) is 0 Å². The molecule has 3 unspecified atom stereocenters. The molecule has 1 saturated heterocycles. The van der Waals surface area contributed by atoms with Gasteiger partial charge >= 0.3 is 0 Å². The van der Waals surface area contributed by atoms with E-state index in [0.717, 1.165) is 48.1 Å². The molecule has 5 heterocycles. The molecule has 33 heavy (non-hydrogen) atoms. The topological polar surface area (TPSA) is 94.5 Å². The van der Waals surface area contributed by atoms with Crippen molar-refractivity contribution in [3.05, 3.63) is 40.8 Å². The van der Waals surface area contributed by atoms with Gasteiger partial charge in [0.1, 0.15) is 12.0 Å². The average Bonchev–Trinajstić information content (AvgIpc) is 3.30. The molecule has 3 N–H and O–H groups in total. The second-order valence-electron chi connectivity index (χ2n) is 9.27. The molecular formula is C23H29ClN8S. The van der Waals surface area contributed by atoms with Crippen molar-refractivity contribution in [2.24, 2.45) is 20.4 Å². The summed E-state index contributed by atoms with van der Waals surface area (Å²) >= 11 is 7.93. The predicted molar refractivity (Wildman–Crippen MR) is 137 cm³/mol. The number of nitrogens with two attached hydrogens (primary N) is 1. The molecule has 1 aromatic rings. The van der Waals surface area contributed by atoms with E-state index in [0.29, 0.717) is 10.8 Å². The highest BCUT2D eigenvalue weighted by Gasteiger charge is 2.38. The summed E-state index contributed by atoms with van der Waals surface area (Å²) in [6.45, 7) is 6.51. The lowest BCUT2D eigenvalue weighted by atomic mass is 9.74. The summed E-state index contributed by atoms with van der Waals surface area (Å²) in [5.41, 5.74) is 6.14. The average molecular weight is 485 g/mol. The second-order valence-corrected chi connectivity index (χ2v) is 10.8. The molecule has 0 amide bonds. The van der Waals surface area contributed by atoms with Gasteiger partial charge in [-0.25, -0.2) is 9.98 Å². The van der Waals surface area contributed by atoms with Crippen molar-refractivity contribution in [3.8, 4) is 0 Å². The number of aliphatic imine (C=N–C) groups is 3. The summed E-state index contributed by atoms with van der Waals surface area (Å²) < 4.78 is 0. The Kier molecular flexibility index (Phi) is 6.09. The van der Waals surface area contributed by atoms with E-state index in [2.05, 4.69) is 50.1 Å². The number of guanidine groups is 1. The third-order valence-electron chi connectivity index (χ3n) is 6.86. The van der Waals surface area contributed by atoms with Crippen LogP contribution in [0.15, 0.2) is 55.6 Å². The number of hydrogen-bond acceptors (Lipinski definition) is 9. The lowest BCUT2D eigenvalue weighted by molar-refractivity contribution is 0.134. The molecule has 174 valence electrons. The molecule has 0 bridgehead atoms. The molecule has 0 spiro atoms. The zero-order valence-corrected chi connectivity index (χ0v) is 20.4. The number of piperidine rings is 1. The number of likely N-dealkylation sites (tertiary alicyclic amines) is 1. The van der Waals surface area contributed by atoms with Gasteiger partial charge in [0.25, 0.3) is 0 Å². The number of fused-ring (bicyclic) bond motifs is 1. The van der Waals surface area contributed by atoms with Crippen molar-refractivity contribution >= 4 is 47.6 Å². The number of nitrogens with zero attached hydrogens (tertiary/aromatic N) is 6. The lowest BCUT2D eigenvalue weighted by Crippen LogP contribution is -2.53. The minimum absolute atomic E-state index is 0.00319. The Balaban J connectivity index is 1.28. The SMILES string of the molecule is CC1N=CC=NC1CC1(C)CCN(C2=NC=C(Sc3ccnc(N)c3Cl)C3NC=CN23)CC1. The number of aromatic nitrogens is 1. The van der Waals surface area contributed by atoms with Gasteiger partial charge in [-0.3, -0.25) is 14.9 Å². The van der Waals surface area contributed by atoms with Gasteiger partial charge in [0.05, 0.1) is 22.0 Å². The molecule has 1 fully saturated rings. The van der Waals surface area contributed by atoms with Crippen LogP contribution in [0.25, 0.3) is 0 Å². The van der Waals surface area contributed by atoms with E-state index < -0.39 is 0 Å². The van der Waals surface area contributed by atoms with Gasteiger partial charge in [-0.15, -0.1) is 0 Å². The minimum atomic E-state index is -0.00319. The Morgan fingerprint density at radius 3 is 2.85 bits per heavy atom. The number of anilines is 1. The van der Waals surface area contributed by atoms with Crippen LogP contribution in [0.2, 0.25) is 5.02 Å². The largest absolute Gasteiger partial charge is 0.382 e. The highest BCUT2D eigenvalue weighted by atomic mass is 35.5. The number of nitrogen functional groups attached to an aromatic ring is 1. The third-order valence-corrected chi connectivity index (χ3v) is 8.50. The molecule has 8 nitrogen and oxygen atoms in total. The first-order valence-corrected chi connectivity index (χ1v) is 12.5. The first kappa shape index (κ1) is 22.3. The Hall–Kier alpha value is -2.52. The van der Waals surface area contributed by atoms with Crippen molar-refractivity contribution in [2.45, 2.75) is 56.3 Å². The van der Waals surface area contributed by atoms with E-state index in [-0.39, 0.29) is 23.7 Å². The van der Waals surface area contributed by atoms with E-state index in [9.17, 15) is 0 Å². The summed E-state index contributed by atoms with van der Waals surface area (Å²) in [5.74, 6) is 1.33. The monoisotopic (exact) mass is 484 g/mol. The molecule has 4 aliphatic heterocycles. The number of hydrogen-bond donors (Lipinski definition) is 2. The highest BCUT2D eigenvalue weighted by Crippen LogP contribution is 2.41. The molecule has 1 aromatic heterocycles. The van der Waals surface area contributed by atoms with Crippen LogP contribution < -0.4 is 11.1 Å². The van der Waals surface area contributed by atoms with E-state index in [4.69, 9.17) is 22.3 Å². The molecule has 0 saturated carbocycles. The van der Waals surface area contributed by atoms with Crippen molar-refractivity contribution in [2.75, 3.05) is 18.8 Å². The molecule has 0 aliphatic carbocycles. The number of rotatable bonds is 4. The van der Waals surface area contributed by atoms with Gasteiger partial charge in [-0.05, 0) is 37.7 Å². The fraction of sp³-hybridized carbons (Fsp3) is 0.478. The quantitative estimate of drug-likeness (QED) is 0.676.